The van der Waals surface area contributed by atoms with E-state index in [0.29, 0.717) is 0 Å². The number of unbranched alkanes of at least 4 members (excludes halogenated alkanes) is 7. The molecule has 0 amide bonds. The summed E-state index contributed by atoms with van der Waals surface area (Å²) >= 11 is 0. The molecule has 31 heavy (non-hydrogen) atoms. The van der Waals surface area contributed by atoms with Crippen LogP contribution >= 0.6 is 0 Å². The van der Waals surface area contributed by atoms with Gasteiger partial charge in [-0.25, -0.2) is 0 Å². The van der Waals surface area contributed by atoms with Gasteiger partial charge in [-0.1, -0.05) is 132 Å². The molecule has 0 radical (unpaired) electrons. The summed E-state index contributed by atoms with van der Waals surface area (Å²) < 4.78 is 0. The first-order valence-electron chi connectivity index (χ1n) is 12.4. The van der Waals surface area contributed by atoms with Crippen molar-refractivity contribution in [1.82, 2.24) is 0 Å². The van der Waals surface area contributed by atoms with Crippen LogP contribution < -0.4 is 25.5 Å². The fourth-order valence-corrected chi connectivity index (χ4v) is 1.08. The van der Waals surface area contributed by atoms with Gasteiger partial charge in [-0.2, -0.15) is 0 Å². The molecule has 0 atom stereocenters. The molecule has 6 heteroatoms. The van der Waals surface area contributed by atoms with E-state index >= 15 is 0 Å². The van der Waals surface area contributed by atoms with Crippen molar-refractivity contribution >= 4 is 0 Å². The van der Waals surface area contributed by atoms with E-state index in [9.17, 15) is 25.5 Å². The van der Waals surface area contributed by atoms with Gasteiger partial charge < -0.3 is 25.5 Å². The average Bonchev–Trinajstić information content (AvgIpc) is 2.74. The van der Waals surface area contributed by atoms with Crippen molar-refractivity contribution in [2.45, 2.75) is 132 Å². The first kappa shape index (κ1) is 48.8. The van der Waals surface area contributed by atoms with Gasteiger partial charge in [-0.05, 0) is 0 Å². The van der Waals surface area contributed by atoms with E-state index in [-0.39, 0.29) is 55.4 Å². The summed E-state index contributed by atoms with van der Waals surface area (Å²) in [5, 5.41) is 47.6. The van der Waals surface area contributed by atoms with E-state index in [1.54, 1.807) is 0 Å². The second-order valence-electron chi connectivity index (χ2n) is 6.64. The van der Waals surface area contributed by atoms with E-state index in [2.05, 4.69) is 13.8 Å². The van der Waals surface area contributed by atoms with Crippen molar-refractivity contribution < 1.29 is 47.9 Å². The molecular weight excluding hydrogens is 561 g/mol. The Kier molecular flexibility index (Phi) is 122. The van der Waals surface area contributed by atoms with Crippen LogP contribution in [0.1, 0.15) is 132 Å². The molecule has 0 spiro atoms. The van der Waals surface area contributed by atoms with Crippen LogP contribution in [0.2, 0.25) is 0 Å². The third-order valence-corrected chi connectivity index (χ3v) is 3.20. The van der Waals surface area contributed by atoms with Crippen molar-refractivity contribution in [1.29, 1.82) is 0 Å². The second-order valence-corrected chi connectivity index (χ2v) is 6.64. The summed E-state index contributed by atoms with van der Waals surface area (Å²) in [6.45, 7) is 15.0. The zero-order chi connectivity index (χ0) is 24.7. The summed E-state index contributed by atoms with van der Waals surface area (Å²) in [6.07, 6.45) is 13.4. The molecule has 0 unspecified atom stereocenters. The Bertz CT molecular complexity index is 117. The monoisotopic (exact) mass is 618 g/mol. The van der Waals surface area contributed by atoms with Crippen LogP contribution in [0.5, 0.6) is 0 Å². The molecule has 0 heterocycles. The van der Waals surface area contributed by atoms with Crippen LogP contribution in [0.3, 0.4) is 0 Å². The van der Waals surface area contributed by atoms with Gasteiger partial charge in [0.1, 0.15) is 0 Å². The van der Waals surface area contributed by atoms with Gasteiger partial charge in [0.2, 0.25) is 0 Å². The third-order valence-electron chi connectivity index (χ3n) is 3.20. The number of rotatable bonds is 12. The molecule has 0 aromatic carbocycles. The van der Waals surface area contributed by atoms with E-state index in [1.165, 1.54) is 19.3 Å². The van der Waals surface area contributed by atoms with Gasteiger partial charge in [0.25, 0.3) is 0 Å². The first-order valence-corrected chi connectivity index (χ1v) is 12.4. The van der Waals surface area contributed by atoms with E-state index < -0.39 is 0 Å². The first-order chi connectivity index (χ1) is 14.5. The van der Waals surface area contributed by atoms with E-state index in [1.807, 2.05) is 34.6 Å². The molecule has 192 valence electrons. The third kappa shape index (κ3) is 158. The Morgan fingerprint density at radius 3 is 0.419 bits per heavy atom. The van der Waals surface area contributed by atoms with Crippen molar-refractivity contribution in [2.75, 3.05) is 33.0 Å². The molecular formula is C25H57O5Ta. The molecule has 0 aliphatic carbocycles. The minimum absolute atomic E-state index is 0. The van der Waals surface area contributed by atoms with E-state index in [0.717, 1.165) is 64.2 Å². The van der Waals surface area contributed by atoms with Crippen LogP contribution in [-0.2, 0) is 22.4 Å². The van der Waals surface area contributed by atoms with Crippen LogP contribution in [0, 0.1) is 0 Å². The maximum absolute atomic E-state index is 9.53. The van der Waals surface area contributed by atoms with Crippen LogP contribution in [-0.4, -0.2) is 33.0 Å². The molecule has 0 rings (SSSR count). The Hall–Kier alpha value is 0.540. The predicted molar refractivity (Wildman–Crippen MR) is 124 cm³/mol. The van der Waals surface area contributed by atoms with Crippen LogP contribution in [0.25, 0.3) is 0 Å². The molecule has 0 aromatic rings. The number of hydrogen-bond acceptors (Lipinski definition) is 5. The second kappa shape index (κ2) is 77.5. The Labute approximate surface area is 212 Å². The molecule has 0 aromatic heterocycles. The van der Waals surface area contributed by atoms with Crippen molar-refractivity contribution in [2.24, 2.45) is 0 Å². The van der Waals surface area contributed by atoms with Crippen molar-refractivity contribution in [3.8, 4) is 0 Å². The largest absolute Gasteiger partial charge is 5.00 e. The molecule has 0 aliphatic rings. The molecule has 0 saturated heterocycles. The topological polar surface area (TPSA) is 115 Å². The minimum Gasteiger partial charge on any atom is -0.854 e. The predicted octanol–water partition coefficient (Wildman–Crippen LogP) is 2.93. The molecule has 0 aliphatic heterocycles. The fraction of sp³-hybridized carbons (Fsp3) is 1.00. The zero-order valence-corrected chi connectivity index (χ0v) is 25.4. The fourth-order valence-electron chi connectivity index (χ4n) is 1.08. The Balaban J connectivity index is -0.0000000443. The van der Waals surface area contributed by atoms with Crippen LogP contribution in [0.4, 0.5) is 0 Å². The zero-order valence-electron chi connectivity index (χ0n) is 22.2. The molecule has 5 nitrogen and oxygen atoms in total. The van der Waals surface area contributed by atoms with Gasteiger partial charge in [-0.15, -0.1) is 33.0 Å². The SMILES string of the molecule is CCCCC.CCCC[O-].CCCC[O-].CCCC[O-].CCCC[O-].CCCC[O-].[Ta+5]. The standard InChI is InChI=1S/C5H12.5C4H9O.Ta/c1-3-5-4-2;5*1-2-3-4-5;/h3-5H2,1-2H3;5*2-4H2,1H3;/q;5*-1;+5. The summed E-state index contributed by atoms with van der Waals surface area (Å²) in [5.41, 5.74) is 0. The van der Waals surface area contributed by atoms with Gasteiger partial charge in [0, 0.05) is 0 Å². The van der Waals surface area contributed by atoms with Gasteiger partial charge in [0.15, 0.2) is 0 Å². The maximum atomic E-state index is 9.53. The molecule has 0 saturated carbocycles. The summed E-state index contributed by atoms with van der Waals surface area (Å²) in [7, 11) is 0. The van der Waals surface area contributed by atoms with Crippen molar-refractivity contribution in [3.63, 3.8) is 0 Å². The Morgan fingerprint density at radius 2 is 0.419 bits per heavy atom. The smallest absolute Gasteiger partial charge is 0.854 e. The minimum atomic E-state index is 0. The quantitative estimate of drug-likeness (QED) is 0.334. The van der Waals surface area contributed by atoms with Gasteiger partial charge in [0.05, 0.1) is 0 Å². The molecule has 0 N–H and O–H groups in total. The summed E-state index contributed by atoms with van der Waals surface area (Å²) in [4.78, 5) is 0. The van der Waals surface area contributed by atoms with Gasteiger partial charge in [-0.3, -0.25) is 0 Å². The average molecular weight is 619 g/mol. The van der Waals surface area contributed by atoms with Crippen molar-refractivity contribution in [3.05, 3.63) is 0 Å². The van der Waals surface area contributed by atoms with E-state index in [4.69, 9.17) is 0 Å². The summed E-state index contributed by atoms with van der Waals surface area (Å²) in [5.74, 6) is 0. The number of hydrogen-bond donors (Lipinski definition) is 0. The van der Waals surface area contributed by atoms with Crippen LogP contribution in [0.15, 0.2) is 0 Å². The normalized spacial score (nSPS) is 8.13. The summed E-state index contributed by atoms with van der Waals surface area (Å²) in [6, 6.07) is 0. The van der Waals surface area contributed by atoms with Gasteiger partial charge >= 0.3 is 22.4 Å². The Morgan fingerprint density at radius 1 is 0.290 bits per heavy atom. The molecule has 0 bridgehead atoms. The maximum Gasteiger partial charge on any atom is 5.00 e. The molecule has 0 fully saturated rings.